The number of phenolic OH excluding ortho intramolecular Hbond substituents is 1. The first-order chi connectivity index (χ1) is 14.0. The first kappa shape index (κ1) is 19.5. The molecule has 29 heavy (non-hydrogen) atoms. The fourth-order valence-corrected chi connectivity index (χ4v) is 4.14. The third kappa shape index (κ3) is 4.13. The number of hydrogen-bond acceptors (Lipinski definition) is 3. The molecule has 2 aromatic carbocycles. The minimum atomic E-state index is -0.172. The summed E-state index contributed by atoms with van der Waals surface area (Å²) >= 11 is 0. The van der Waals surface area contributed by atoms with Crippen LogP contribution in [0, 0.1) is 6.92 Å². The number of carbonyl (C=O) groups is 1. The van der Waals surface area contributed by atoms with Crippen LogP contribution in [0.5, 0.6) is 5.75 Å². The summed E-state index contributed by atoms with van der Waals surface area (Å²) < 4.78 is 5.89. The number of phenols is 1. The van der Waals surface area contributed by atoms with Gasteiger partial charge in [0, 0.05) is 11.9 Å². The SMILES string of the molecule is Cc1oc2ccc(O)c(C[NH+]3CC[NH+](C)CC3)c2c1C(=O)NCc1ccccc1. The van der Waals surface area contributed by atoms with Crippen molar-refractivity contribution in [2.75, 3.05) is 33.2 Å². The molecule has 0 aliphatic carbocycles. The number of furan rings is 1. The molecule has 1 aliphatic rings. The Morgan fingerprint density at radius 3 is 2.55 bits per heavy atom. The maximum atomic E-state index is 13.0. The molecule has 1 aromatic heterocycles. The van der Waals surface area contributed by atoms with E-state index in [1.54, 1.807) is 12.1 Å². The van der Waals surface area contributed by atoms with Crippen LogP contribution in [0.4, 0.5) is 0 Å². The normalized spacial score (nSPS) is 19.4. The number of aromatic hydroxyl groups is 1. The van der Waals surface area contributed by atoms with Crippen LogP contribution in [0.25, 0.3) is 11.0 Å². The van der Waals surface area contributed by atoms with Crippen molar-refractivity contribution < 1.29 is 24.1 Å². The highest BCUT2D eigenvalue weighted by Crippen LogP contribution is 2.33. The van der Waals surface area contributed by atoms with Gasteiger partial charge in [0.25, 0.3) is 5.91 Å². The Bertz CT molecular complexity index is 1010. The van der Waals surface area contributed by atoms with Crippen LogP contribution in [0.2, 0.25) is 0 Å². The molecule has 1 saturated heterocycles. The molecule has 0 saturated carbocycles. The molecule has 4 N–H and O–H groups in total. The summed E-state index contributed by atoms with van der Waals surface area (Å²) in [5, 5.41) is 14.4. The van der Waals surface area contributed by atoms with Gasteiger partial charge < -0.3 is 24.6 Å². The molecule has 1 amide bonds. The van der Waals surface area contributed by atoms with Crippen molar-refractivity contribution in [2.24, 2.45) is 0 Å². The van der Waals surface area contributed by atoms with Gasteiger partial charge in [-0.3, -0.25) is 4.79 Å². The number of fused-ring (bicyclic) bond motifs is 1. The van der Waals surface area contributed by atoms with Crippen molar-refractivity contribution in [3.63, 3.8) is 0 Å². The highest BCUT2D eigenvalue weighted by Gasteiger charge is 2.27. The summed E-state index contributed by atoms with van der Waals surface area (Å²) in [6.45, 7) is 7.27. The molecule has 0 radical (unpaired) electrons. The Morgan fingerprint density at radius 2 is 1.83 bits per heavy atom. The quantitative estimate of drug-likeness (QED) is 0.502. The van der Waals surface area contributed by atoms with E-state index in [0.717, 1.165) is 42.7 Å². The van der Waals surface area contributed by atoms with Crippen LogP contribution in [0.1, 0.15) is 27.2 Å². The first-order valence-electron chi connectivity index (χ1n) is 10.2. The molecular weight excluding hydrogens is 366 g/mol. The van der Waals surface area contributed by atoms with Crippen molar-refractivity contribution in [1.29, 1.82) is 0 Å². The van der Waals surface area contributed by atoms with Crippen LogP contribution in [0.15, 0.2) is 46.9 Å². The van der Waals surface area contributed by atoms with Gasteiger partial charge in [-0.1, -0.05) is 30.3 Å². The van der Waals surface area contributed by atoms with E-state index in [1.807, 2.05) is 37.3 Å². The van der Waals surface area contributed by atoms with Gasteiger partial charge in [0.05, 0.1) is 18.2 Å². The number of hydrogen-bond donors (Lipinski definition) is 4. The Balaban J connectivity index is 1.64. The molecule has 2 heterocycles. The molecule has 152 valence electrons. The molecule has 6 heteroatoms. The fourth-order valence-electron chi connectivity index (χ4n) is 4.14. The summed E-state index contributed by atoms with van der Waals surface area (Å²) in [5.41, 5.74) is 3.03. The lowest BCUT2D eigenvalue weighted by Gasteiger charge is -2.27. The zero-order chi connectivity index (χ0) is 20.4. The summed E-state index contributed by atoms with van der Waals surface area (Å²) in [5.74, 6) is 0.638. The number of aryl methyl sites for hydroxylation is 1. The van der Waals surface area contributed by atoms with Crippen molar-refractivity contribution >= 4 is 16.9 Å². The van der Waals surface area contributed by atoms with E-state index in [4.69, 9.17) is 4.42 Å². The maximum absolute atomic E-state index is 13.0. The second-order valence-electron chi connectivity index (χ2n) is 8.02. The fraction of sp³-hybridized carbons (Fsp3) is 0.348. The third-order valence-electron chi connectivity index (χ3n) is 5.88. The highest BCUT2D eigenvalue weighted by molar-refractivity contribution is 6.08. The van der Waals surface area contributed by atoms with Gasteiger partial charge in [-0.15, -0.1) is 0 Å². The number of benzene rings is 2. The van der Waals surface area contributed by atoms with E-state index in [-0.39, 0.29) is 11.7 Å². The number of rotatable bonds is 5. The number of nitrogens with one attached hydrogen (secondary N) is 3. The molecule has 0 atom stereocenters. The van der Waals surface area contributed by atoms with Gasteiger partial charge in [-0.25, -0.2) is 0 Å². The van der Waals surface area contributed by atoms with Crippen LogP contribution in [-0.4, -0.2) is 44.2 Å². The summed E-state index contributed by atoms with van der Waals surface area (Å²) in [6.07, 6.45) is 0. The zero-order valence-corrected chi connectivity index (χ0v) is 17.0. The predicted molar refractivity (Wildman–Crippen MR) is 111 cm³/mol. The molecule has 1 fully saturated rings. The number of amides is 1. The first-order valence-corrected chi connectivity index (χ1v) is 10.2. The standard InChI is InChI=1S/C23H27N3O3/c1-16-21(23(28)24-14-17-6-4-3-5-7-17)22-18(19(27)8-9-20(22)29-16)15-26-12-10-25(2)11-13-26/h3-9,27H,10-15H2,1-2H3,(H,24,28)/p+2. The van der Waals surface area contributed by atoms with Gasteiger partial charge >= 0.3 is 0 Å². The van der Waals surface area contributed by atoms with E-state index in [1.165, 1.54) is 9.80 Å². The Labute approximate surface area is 170 Å². The molecule has 0 spiro atoms. The lowest BCUT2D eigenvalue weighted by Crippen LogP contribution is -3.26. The van der Waals surface area contributed by atoms with Gasteiger partial charge in [-0.2, -0.15) is 0 Å². The zero-order valence-electron chi connectivity index (χ0n) is 17.0. The van der Waals surface area contributed by atoms with E-state index < -0.39 is 0 Å². The molecule has 4 rings (SSSR count). The van der Waals surface area contributed by atoms with Crippen molar-refractivity contribution in [3.05, 3.63) is 64.9 Å². The highest BCUT2D eigenvalue weighted by atomic mass is 16.3. The molecule has 0 bridgehead atoms. The van der Waals surface area contributed by atoms with Crippen molar-refractivity contribution in [3.8, 4) is 5.75 Å². The van der Waals surface area contributed by atoms with E-state index in [9.17, 15) is 9.90 Å². The van der Waals surface area contributed by atoms with E-state index in [2.05, 4.69) is 12.4 Å². The summed E-state index contributed by atoms with van der Waals surface area (Å²) in [6, 6.07) is 13.3. The molecular formula is C23H29N3O3+2. The van der Waals surface area contributed by atoms with Crippen LogP contribution >= 0.6 is 0 Å². The van der Waals surface area contributed by atoms with Gasteiger partial charge in [0.15, 0.2) is 0 Å². The van der Waals surface area contributed by atoms with Crippen molar-refractivity contribution in [2.45, 2.75) is 20.0 Å². The molecule has 3 aromatic rings. The second-order valence-corrected chi connectivity index (χ2v) is 8.02. The Kier molecular flexibility index (Phi) is 5.56. The lowest BCUT2D eigenvalue weighted by atomic mass is 10.0. The van der Waals surface area contributed by atoms with Crippen LogP contribution in [-0.2, 0) is 13.1 Å². The second kappa shape index (κ2) is 8.27. The van der Waals surface area contributed by atoms with E-state index >= 15 is 0 Å². The number of quaternary nitrogens is 2. The third-order valence-corrected chi connectivity index (χ3v) is 5.88. The molecule has 6 nitrogen and oxygen atoms in total. The Morgan fingerprint density at radius 1 is 1.10 bits per heavy atom. The number of likely N-dealkylation sites (N-methyl/N-ethyl adjacent to an activating group) is 1. The average molecular weight is 396 g/mol. The summed E-state index contributed by atoms with van der Waals surface area (Å²) in [7, 11) is 2.21. The summed E-state index contributed by atoms with van der Waals surface area (Å²) in [4.78, 5) is 16.0. The van der Waals surface area contributed by atoms with Crippen LogP contribution in [0.3, 0.4) is 0 Å². The minimum absolute atomic E-state index is 0.172. The molecule has 0 unspecified atom stereocenters. The van der Waals surface area contributed by atoms with Crippen LogP contribution < -0.4 is 15.1 Å². The topological polar surface area (TPSA) is 71.3 Å². The van der Waals surface area contributed by atoms with E-state index in [0.29, 0.717) is 30.0 Å². The van der Waals surface area contributed by atoms with Gasteiger partial charge in [0.1, 0.15) is 49.8 Å². The molecule has 1 aliphatic heterocycles. The van der Waals surface area contributed by atoms with Crippen molar-refractivity contribution in [1.82, 2.24) is 5.32 Å². The monoisotopic (exact) mass is 395 g/mol. The number of piperazine rings is 1. The average Bonchev–Trinajstić information content (AvgIpc) is 3.07. The van der Waals surface area contributed by atoms with Gasteiger partial charge in [-0.05, 0) is 24.6 Å². The maximum Gasteiger partial charge on any atom is 0.255 e. The predicted octanol–water partition coefficient (Wildman–Crippen LogP) is 0.290. The smallest absolute Gasteiger partial charge is 0.255 e. The number of carbonyl (C=O) groups excluding carboxylic acids is 1. The lowest BCUT2D eigenvalue weighted by molar-refractivity contribution is -1.01. The minimum Gasteiger partial charge on any atom is -0.507 e. The van der Waals surface area contributed by atoms with Gasteiger partial charge in [0.2, 0.25) is 0 Å². The largest absolute Gasteiger partial charge is 0.507 e. The Hall–Kier alpha value is -2.83.